The largest absolute Gasteiger partial charge is 0.328 e. The Balaban J connectivity index is 3.31. The van der Waals surface area contributed by atoms with Gasteiger partial charge in [0.25, 0.3) is 5.56 Å². The van der Waals surface area contributed by atoms with Crippen LogP contribution in [0.2, 0.25) is 0 Å². The molecule has 2 unspecified atom stereocenters. The van der Waals surface area contributed by atoms with E-state index in [0.717, 1.165) is 6.42 Å². The molecular weight excluding hydrogens is 206 g/mol. The van der Waals surface area contributed by atoms with Crippen LogP contribution in [0.1, 0.15) is 38.8 Å². The van der Waals surface area contributed by atoms with Crippen LogP contribution in [0.4, 0.5) is 0 Å². The molecule has 5 heteroatoms. The fourth-order valence-corrected chi connectivity index (χ4v) is 1.48. The lowest BCUT2D eigenvalue weighted by atomic mass is 10.0. The van der Waals surface area contributed by atoms with Crippen LogP contribution in [-0.4, -0.2) is 9.55 Å². The molecule has 5 nitrogen and oxygen atoms in total. The maximum atomic E-state index is 11.6. The molecule has 1 aromatic rings. The second-order valence-corrected chi connectivity index (χ2v) is 3.95. The first-order valence-electron chi connectivity index (χ1n) is 5.26. The molecule has 0 aliphatic carbocycles. The third-order valence-electron chi connectivity index (χ3n) is 2.99. The zero-order valence-corrected chi connectivity index (χ0v) is 9.65. The molecule has 1 N–H and O–H groups in total. The standard InChI is InChI=1S/C11H15N3O2/c1-4-7(2)8(3)14-6-9(5-12)10(15)13-11(14)16/h6-8H,4H2,1-3H3,(H,13,15,16). The molecule has 1 heterocycles. The van der Waals surface area contributed by atoms with E-state index in [2.05, 4.69) is 4.98 Å². The van der Waals surface area contributed by atoms with E-state index in [1.165, 1.54) is 10.8 Å². The number of aromatic amines is 1. The first-order chi connectivity index (χ1) is 7.51. The summed E-state index contributed by atoms with van der Waals surface area (Å²) in [6.45, 7) is 5.95. The molecule has 0 aliphatic rings. The van der Waals surface area contributed by atoms with Crippen molar-refractivity contribution in [3.63, 3.8) is 0 Å². The molecule has 1 aromatic heterocycles. The van der Waals surface area contributed by atoms with Crippen LogP contribution in [-0.2, 0) is 0 Å². The molecule has 0 saturated heterocycles. The van der Waals surface area contributed by atoms with Gasteiger partial charge in [-0.25, -0.2) is 4.79 Å². The van der Waals surface area contributed by atoms with E-state index >= 15 is 0 Å². The van der Waals surface area contributed by atoms with Crippen molar-refractivity contribution in [1.82, 2.24) is 9.55 Å². The lowest BCUT2D eigenvalue weighted by molar-refractivity contribution is 0.357. The molecule has 0 aromatic carbocycles. The van der Waals surface area contributed by atoms with Crippen molar-refractivity contribution in [2.45, 2.75) is 33.2 Å². The Labute approximate surface area is 93.4 Å². The third kappa shape index (κ3) is 2.22. The van der Waals surface area contributed by atoms with Crippen molar-refractivity contribution in [2.24, 2.45) is 5.92 Å². The van der Waals surface area contributed by atoms with Gasteiger partial charge in [0, 0.05) is 12.2 Å². The summed E-state index contributed by atoms with van der Waals surface area (Å²) in [6, 6.07) is 1.73. The Bertz CT molecular complexity index is 521. The SMILES string of the molecule is CCC(C)C(C)n1cc(C#N)c(=O)[nH]c1=O. The molecule has 0 radical (unpaired) electrons. The van der Waals surface area contributed by atoms with Crippen LogP contribution in [0, 0.1) is 17.2 Å². The highest BCUT2D eigenvalue weighted by molar-refractivity contribution is 5.21. The van der Waals surface area contributed by atoms with Gasteiger partial charge in [0.2, 0.25) is 0 Å². The molecule has 1 rings (SSSR count). The minimum absolute atomic E-state index is 0.0326. The summed E-state index contributed by atoms with van der Waals surface area (Å²) in [4.78, 5) is 24.9. The number of rotatable bonds is 3. The zero-order valence-electron chi connectivity index (χ0n) is 9.65. The summed E-state index contributed by atoms with van der Waals surface area (Å²) in [5, 5.41) is 8.73. The Morgan fingerprint density at radius 2 is 2.12 bits per heavy atom. The monoisotopic (exact) mass is 221 g/mol. The van der Waals surface area contributed by atoms with E-state index in [0.29, 0.717) is 5.92 Å². The summed E-state index contributed by atoms with van der Waals surface area (Å²) >= 11 is 0. The fourth-order valence-electron chi connectivity index (χ4n) is 1.48. The number of nitrogens with zero attached hydrogens (tertiary/aromatic N) is 2. The van der Waals surface area contributed by atoms with Crippen molar-refractivity contribution in [2.75, 3.05) is 0 Å². The van der Waals surface area contributed by atoms with Gasteiger partial charge in [0.15, 0.2) is 0 Å². The second-order valence-electron chi connectivity index (χ2n) is 3.95. The van der Waals surface area contributed by atoms with Gasteiger partial charge in [-0.1, -0.05) is 20.3 Å². The maximum Gasteiger partial charge on any atom is 0.328 e. The molecule has 0 aliphatic heterocycles. The molecule has 2 atom stereocenters. The third-order valence-corrected chi connectivity index (χ3v) is 2.99. The zero-order chi connectivity index (χ0) is 12.3. The normalized spacial score (nSPS) is 14.1. The lowest BCUT2D eigenvalue weighted by Gasteiger charge is -2.20. The topological polar surface area (TPSA) is 78.7 Å². The lowest BCUT2D eigenvalue weighted by Crippen LogP contribution is -2.34. The quantitative estimate of drug-likeness (QED) is 0.827. The van der Waals surface area contributed by atoms with Gasteiger partial charge < -0.3 is 0 Å². The van der Waals surface area contributed by atoms with E-state index in [1.807, 2.05) is 20.8 Å². The van der Waals surface area contributed by atoms with E-state index in [1.54, 1.807) is 6.07 Å². The molecule has 0 spiro atoms. The summed E-state index contributed by atoms with van der Waals surface area (Å²) in [7, 11) is 0. The highest BCUT2D eigenvalue weighted by Gasteiger charge is 2.15. The fraction of sp³-hybridized carbons (Fsp3) is 0.545. The van der Waals surface area contributed by atoms with Crippen LogP contribution in [0.5, 0.6) is 0 Å². The average molecular weight is 221 g/mol. The van der Waals surface area contributed by atoms with Crippen LogP contribution < -0.4 is 11.2 Å². The van der Waals surface area contributed by atoms with Gasteiger partial charge in [0.1, 0.15) is 11.6 Å². The smallest absolute Gasteiger partial charge is 0.296 e. The summed E-state index contributed by atoms with van der Waals surface area (Å²) in [6.07, 6.45) is 2.26. The molecule has 0 amide bonds. The van der Waals surface area contributed by atoms with Gasteiger partial charge in [-0.15, -0.1) is 0 Å². The molecule has 0 fully saturated rings. The Hall–Kier alpha value is -1.83. The Morgan fingerprint density at radius 1 is 1.50 bits per heavy atom. The van der Waals surface area contributed by atoms with Gasteiger partial charge in [-0.2, -0.15) is 5.26 Å². The maximum absolute atomic E-state index is 11.6. The molecular formula is C11H15N3O2. The van der Waals surface area contributed by atoms with Gasteiger partial charge in [0.05, 0.1) is 0 Å². The molecule has 16 heavy (non-hydrogen) atoms. The van der Waals surface area contributed by atoms with Crippen LogP contribution >= 0.6 is 0 Å². The minimum Gasteiger partial charge on any atom is -0.296 e. The Kier molecular flexibility index (Phi) is 3.67. The number of aromatic nitrogens is 2. The first kappa shape index (κ1) is 12.2. The predicted octanol–water partition coefficient (Wildman–Crippen LogP) is 1.02. The van der Waals surface area contributed by atoms with Crippen LogP contribution in [0.25, 0.3) is 0 Å². The van der Waals surface area contributed by atoms with Crippen LogP contribution in [0.3, 0.4) is 0 Å². The average Bonchev–Trinajstić information content (AvgIpc) is 2.27. The highest BCUT2D eigenvalue weighted by Crippen LogP contribution is 2.17. The van der Waals surface area contributed by atoms with Crippen molar-refractivity contribution in [1.29, 1.82) is 5.26 Å². The van der Waals surface area contributed by atoms with Gasteiger partial charge in [-0.05, 0) is 12.8 Å². The van der Waals surface area contributed by atoms with Crippen molar-refractivity contribution in [3.05, 3.63) is 32.6 Å². The Morgan fingerprint density at radius 3 is 2.62 bits per heavy atom. The number of nitriles is 1. The van der Waals surface area contributed by atoms with E-state index in [4.69, 9.17) is 5.26 Å². The number of hydrogen-bond donors (Lipinski definition) is 1. The van der Waals surface area contributed by atoms with E-state index < -0.39 is 11.2 Å². The van der Waals surface area contributed by atoms with Crippen molar-refractivity contribution < 1.29 is 0 Å². The highest BCUT2D eigenvalue weighted by atomic mass is 16.2. The van der Waals surface area contributed by atoms with Crippen molar-refractivity contribution >= 4 is 0 Å². The van der Waals surface area contributed by atoms with Gasteiger partial charge >= 0.3 is 5.69 Å². The number of hydrogen-bond acceptors (Lipinski definition) is 3. The minimum atomic E-state index is -0.625. The molecule has 0 saturated carbocycles. The molecule has 0 bridgehead atoms. The summed E-state index contributed by atoms with van der Waals surface area (Å²) < 4.78 is 1.41. The predicted molar refractivity (Wildman–Crippen MR) is 60.2 cm³/mol. The molecule has 86 valence electrons. The number of H-pyrrole nitrogens is 1. The second kappa shape index (κ2) is 4.79. The van der Waals surface area contributed by atoms with Crippen molar-refractivity contribution in [3.8, 4) is 6.07 Å². The van der Waals surface area contributed by atoms with E-state index in [-0.39, 0.29) is 11.6 Å². The first-order valence-corrected chi connectivity index (χ1v) is 5.26. The van der Waals surface area contributed by atoms with Crippen LogP contribution in [0.15, 0.2) is 15.8 Å². The number of nitrogens with one attached hydrogen (secondary N) is 1. The van der Waals surface area contributed by atoms with E-state index in [9.17, 15) is 9.59 Å². The summed E-state index contributed by atoms with van der Waals surface area (Å²) in [5.41, 5.74) is -1.12. The summed E-state index contributed by atoms with van der Waals surface area (Å²) in [5.74, 6) is 0.301. The van der Waals surface area contributed by atoms with Gasteiger partial charge in [-0.3, -0.25) is 14.3 Å².